The molecule has 2 rings (SSSR count). The third-order valence-electron chi connectivity index (χ3n) is 3.64. The Hall–Kier alpha value is -3.08. The van der Waals surface area contributed by atoms with Gasteiger partial charge in [-0.25, -0.2) is 4.79 Å². The Kier molecular flexibility index (Phi) is 6.97. The van der Waals surface area contributed by atoms with Crippen molar-refractivity contribution in [2.75, 3.05) is 13.7 Å². The summed E-state index contributed by atoms with van der Waals surface area (Å²) in [6.45, 7) is 4.00. The fraction of sp³-hybridized carbons (Fsp3) is 0.238. The van der Waals surface area contributed by atoms with Gasteiger partial charge in [0.15, 0.2) is 6.10 Å². The molecule has 1 atom stereocenters. The maximum atomic E-state index is 12.3. The summed E-state index contributed by atoms with van der Waals surface area (Å²) in [4.78, 5) is 24.3. The second kappa shape index (κ2) is 9.42. The number of carbonyl (C=O) groups excluding carboxylic acids is 2. The van der Waals surface area contributed by atoms with E-state index in [1.54, 1.807) is 56.5 Å². The van der Waals surface area contributed by atoms with Crippen molar-refractivity contribution < 1.29 is 23.8 Å². The van der Waals surface area contributed by atoms with Crippen molar-refractivity contribution >= 4 is 17.8 Å². The molecule has 0 fully saturated rings. The van der Waals surface area contributed by atoms with Crippen molar-refractivity contribution in [1.82, 2.24) is 0 Å². The number of hydrogen-bond acceptors (Lipinski definition) is 5. The lowest BCUT2D eigenvalue weighted by atomic mass is 10.1. The average molecular weight is 354 g/mol. The van der Waals surface area contributed by atoms with Crippen LogP contribution in [0.2, 0.25) is 0 Å². The van der Waals surface area contributed by atoms with Crippen molar-refractivity contribution in [1.29, 1.82) is 0 Å². The lowest BCUT2D eigenvalue weighted by molar-refractivity contribution is -0.140. The van der Waals surface area contributed by atoms with Gasteiger partial charge < -0.3 is 14.2 Å². The molecule has 0 radical (unpaired) electrons. The minimum absolute atomic E-state index is 0.265. The van der Waals surface area contributed by atoms with Crippen molar-refractivity contribution in [3.8, 4) is 11.5 Å². The number of methoxy groups -OCH3 is 1. The van der Waals surface area contributed by atoms with Crippen LogP contribution in [0.5, 0.6) is 11.5 Å². The van der Waals surface area contributed by atoms with Crippen LogP contribution in [0.4, 0.5) is 0 Å². The third-order valence-corrected chi connectivity index (χ3v) is 3.64. The van der Waals surface area contributed by atoms with Crippen LogP contribution in [0.1, 0.15) is 29.8 Å². The van der Waals surface area contributed by atoms with Crippen LogP contribution < -0.4 is 9.47 Å². The van der Waals surface area contributed by atoms with E-state index in [4.69, 9.17) is 14.2 Å². The maximum Gasteiger partial charge on any atom is 0.331 e. The highest BCUT2D eigenvalue weighted by atomic mass is 16.5. The van der Waals surface area contributed by atoms with Crippen molar-refractivity contribution in [2.24, 2.45) is 0 Å². The van der Waals surface area contributed by atoms with Gasteiger partial charge in [-0.3, -0.25) is 4.79 Å². The Morgan fingerprint density at radius 1 is 1.00 bits per heavy atom. The van der Waals surface area contributed by atoms with Crippen molar-refractivity contribution in [3.63, 3.8) is 0 Å². The van der Waals surface area contributed by atoms with Gasteiger partial charge in [-0.1, -0.05) is 12.1 Å². The molecule has 136 valence electrons. The maximum absolute atomic E-state index is 12.3. The van der Waals surface area contributed by atoms with E-state index in [-0.39, 0.29) is 5.78 Å². The monoisotopic (exact) mass is 354 g/mol. The topological polar surface area (TPSA) is 61.8 Å². The Morgan fingerprint density at radius 3 is 2.19 bits per heavy atom. The van der Waals surface area contributed by atoms with Crippen LogP contribution in [0.15, 0.2) is 54.6 Å². The van der Waals surface area contributed by atoms with Gasteiger partial charge in [-0.05, 0) is 61.9 Å². The van der Waals surface area contributed by atoms with Gasteiger partial charge in [0.05, 0.1) is 13.7 Å². The van der Waals surface area contributed by atoms with E-state index in [0.29, 0.717) is 17.9 Å². The summed E-state index contributed by atoms with van der Waals surface area (Å²) in [7, 11) is 1.59. The summed E-state index contributed by atoms with van der Waals surface area (Å²) in [5, 5.41) is 0. The number of hydrogen-bond donors (Lipinski definition) is 0. The number of rotatable bonds is 8. The van der Waals surface area contributed by atoms with Crippen LogP contribution in [0.3, 0.4) is 0 Å². The second-order valence-electron chi connectivity index (χ2n) is 5.51. The normalized spacial score (nSPS) is 11.8. The number of Topliss-reactive ketones (excluding diaryl/α,β-unsaturated/α-hetero) is 1. The quantitative estimate of drug-likeness (QED) is 0.408. The van der Waals surface area contributed by atoms with Gasteiger partial charge >= 0.3 is 5.97 Å². The standard InChI is InChI=1S/C21H22O5/c1-4-25-19-12-8-17(9-13-19)21(23)15(2)26-20(22)14-7-16-5-10-18(24-3)11-6-16/h5-15H,4H2,1-3H3/b14-7+/t15-/m1/s1. The Balaban J connectivity index is 1.92. The fourth-order valence-corrected chi connectivity index (χ4v) is 2.26. The average Bonchev–Trinajstić information content (AvgIpc) is 2.67. The van der Waals surface area contributed by atoms with Crippen LogP contribution in [-0.4, -0.2) is 31.6 Å². The fourth-order valence-electron chi connectivity index (χ4n) is 2.26. The van der Waals surface area contributed by atoms with E-state index in [9.17, 15) is 9.59 Å². The van der Waals surface area contributed by atoms with Gasteiger partial charge in [0.1, 0.15) is 11.5 Å². The summed E-state index contributed by atoms with van der Waals surface area (Å²) in [5.74, 6) is 0.585. The Labute approximate surface area is 153 Å². The van der Waals surface area contributed by atoms with Crippen LogP contribution in [0.25, 0.3) is 6.08 Å². The number of ether oxygens (including phenoxy) is 3. The molecule has 0 saturated carbocycles. The zero-order valence-electron chi connectivity index (χ0n) is 15.1. The van der Waals surface area contributed by atoms with Gasteiger partial charge in [-0.15, -0.1) is 0 Å². The number of benzene rings is 2. The Morgan fingerprint density at radius 2 is 1.62 bits per heavy atom. The molecular weight excluding hydrogens is 332 g/mol. The molecule has 0 aliphatic carbocycles. The lowest BCUT2D eigenvalue weighted by Gasteiger charge is -2.11. The number of esters is 1. The van der Waals surface area contributed by atoms with Gasteiger partial charge in [-0.2, -0.15) is 0 Å². The number of ketones is 1. The first-order valence-corrected chi connectivity index (χ1v) is 8.33. The van der Waals surface area contributed by atoms with Gasteiger partial charge in [0, 0.05) is 11.6 Å². The van der Waals surface area contributed by atoms with Crippen LogP contribution >= 0.6 is 0 Å². The van der Waals surface area contributed by atoms with Crippen molar-refractivity contribution in [2.45, 2.75) is 20.0 Å². The summed E-state index contributed by atoms with van der Waals surface area (Å²) in [6.07, 6.45) is 2.04. The van der Waals surface area contributed by atoms with E-state index < -0.39 is 12.1 Å². The molecule has 5 heteroatoms. The zero-order valence-corrected chi connectivity index (χ0v) is 15.1. The van der Waals surface area contributed by atoms with E-state index >= 15 is 0 Å². The molecule has 0 aliphatic rings. The SMILES string of the molecule is CCOc1ccc(C(=O)[C@@H](C)OC(=O)/C=C/c2ccc(OC)cc2)cc1. The molecule has 2 aromatic rings. The van der Waals surface area contributed by atoms with Gasteiger partial charge in [0.25, 0.3) is 0 Å². The molecule has 0 aliphatic heterocycles. The first-order chi connectivity index (χ1) is 12.5. The molecule has 0 unspecified atom stereocenters. The van der Waals surface area contributed by atoms with Crippen molar-refractivity contribution in [3.05, 3.63) is 65.7 Å². The lowest BCUT2D eigenvalue weighted by Crippen LogP contribution is -2.23. The first-order valence-electron chi connectivity index (χ1n) is 8.33. The van der Waals surface area contributed by atoms with Gasteiger partial charge in [0.2, 0.25) is 5.78 Å². The summed E-state index contributed by atoms with van der Waals surface area (Å²) in [6, 6.07) is 14.0. The van der Waals surface area contributed by atoms with E-state index in [2.05, 4.69) is 0 Å². The van der Waals surface area contributed by atoms with E-state index in [1.807, 2.05) is 19.1 Å². The highest BCUT2D eigenvalue weighted by Gasteiger charge is 2.18. The first kappa shape index (κ1) is 19.2. The molecule has 0 aromatic heterocycles. The predicted octanol–water partition coefficient (Wildman–Crippen LogP) is 3.92. The third kappa shape index (κ3) is 5.48. The summed E-state index contributed by atoms with van der Waals surface area (Å²) < 4.78 is 15.6. The molecule has 2 aromatic carbocycles. The molecule has 0 heterocycles. The van der Waals surface area contributed by atoms with Crippen LogP contribution in [0, 0.1) is 0 Å². The highest BCUT2D eigenvalue weighted by molar-refractivity contribution is 6.01. The van der Waals surface area contributed by atoms with E-state index in [0.717, 1.165) is 11.3 Å². The second-order valence-corrected chi connectivity index (χ2v) is 5.51. The van der Waals surface area contributed by atoms with Crippen LogP contribution in [-0.2, 0) is 9.53 Å². The predicted molar refractivity (Wildman–Crippen MR) is 99.5 cm³/mol. The molecule has 0 amide bonds. The molecule has 0 N–H and O–H groups in total. The van der Waals surface area contributed by atoms with E-state index in [1.165, 1.54) is 6.08 Å². The molecule has 5 nitrogen and oxygen atoms in total. The molecule has 0 spiro atoms. The molecule has 26 heavy (non-hydrogen) atoms. The highest BCUT2D eigenvalue weighted by Crippen LogP contribution is 2.15. The smallest absolute Gasteiger partial charge is 0.331 e. The summed E-state index contributed by atoms with van der Waals surface area (Å²) in [5.41, 5.74) is 1.29. The Bertz CT molecular complexity index is 760. The molecular formula is C21H22O5. The largest absolute Gasteiger partial charge is 0.497 e. The zero-order chi connectivity index (χ0) is 18.9. The minimum Gasteiger partial charge on any atom is -0.497 e. The molecule has 0 bridgehead atoms. The molecule has 0 saturated heterocycles. The minimum atomic E-state index is -0.874. The number of carbonyl (C=O) groups is 2. The summed E-state index contributed by atoms with van der Waals surface area (Å²) >= 11 is 0.